The summed E-state index contributed by atoms with van der Waals surface area (Å²) in [5.74, 6) is 0.338. The van der Waals surface area contributed by atoms with E-state index in [2.05, 4.69) is 15.6 Å². The van der Waals surface area contributed by atoms with E-state index in [4.69, 9.17) is 4.74 Å². The van der Waals surface area contributed by atoms with Crippen molar-refractivity contribution in [2.75, 3.05) is 33.5 Å². The Hall–Kier alpha value is -1.72. The Morgan fingerprint density at radius 1 is 1.10 bits per heavy atom. The lowest BCUT2D eigenvalue weighted by atomic mass is 10.1. The standard InChI is InChI=1S/C20H26FN3O3S.HI/c1-22-20(24-14-19(27-2)16-6-8-17(21)9-7-16)23-13-12-15-4-10-18(11-5-15)28(3,25)26;/h4-11,19H,12-14H2,1-3H3,(H2,22,23,24);1H. The van der Waals surface area contributed by atoms with Crippen molar-refractivity contribution in [2.45, 2.75) is 17.4 Å². The van der Waals surface area contributed by atoms with Crippen LogP contribution in [0.4, 0.5) is 4.39 Å². The number of methoxy groups -OCH3 is 1. The van der Waals surface area contributed by atoms with Gasteiger partial charge in [0.15, 0.2) is 15.8 Å². The summed E-state index contributed by atoms with van der Waals surface area (Å²) in [5.41, 5.74) is 1.90. The van der Waals surface area contributed by atoms with Crippen LogP contribution in [0.3, 0.4) is 0 Å². The van der Waals surface area contributed by atoms with Crippen LogP contribution in [0.15, 0.2) is 58.4 Å². The zero-order valence-corrected chi connectivity index (χ0v) is 19.8. The van der Waals surface area contributed by atoms with Gasteiger partial charge in [0.1, 0.15) is 5.82 Å². The van der Waals surface area contributed by atoms with Gasteiger partial charge in [0.25, 0.3) is 0 Å². The van der Waals surface area contributed by atoms with Gasteiger partial charge in [-0.15, -0.1) is 24.0 Å². The van der Waals surface area contributed by atoms with Gasteiger partial charge in [0.2, 0.25) is 0 Å². The molecule has 160 valence electrons. The first kappa shape index (κ1) is 25.3. The number of hydrogen-bond acceptors (Lipinski definition) is 4. The predicted octanol–water partition coefficient (Wildman–Crippen LogP) is 2.94. The van der Waals surface area contributed by atoms with Crippen molar-refractivity contribution in [1.82, 2.24) is 10.6 Å². The molecular formula is C20H27FIN3O3S. The van der Waals surface area contributed by atoms with Crippen LogP contribution in [0.2, 0.25) is 0 Å². The SMILES string of the molecule is CN=C(NCCc1ccc(S(C)(=O)=O)cc1)NCC(OC)c1ccc(F)cc1.I. The molecule has 1 atom stereocenters. The third kappa shape index (κ3) is 8.27. The van der Waals surface area contributed by atoms with E-state index in [0.29, 0.717) is 23.9 Å². The van der Waals surface area contributed by atoms with Gasteiger partial charge in [-0.3, -0.25) is 4.99 Å². The fourth-order valence-corrected chi connectivity index (χ4v) is 3.28. The van der Waals surface area contributed by atoms with Crippen LogP contribution < -0.4 is 10.6 Å². The number of guanidine groups is 1. The molecule has 0 radical (unpaired) electrons. The van der Waals surface area contributed by atoms with Gasteiger partial charge in [-0.25, -0.2) is 12.8 Å². The molecule has 0 saturated heterocycles. The molecule has 29 heavy (non-hydrogen) atoms. The molecule has 2 aromatic carbocycles. The number of sulfone groups is 1. The Bertz CT molecular complexity index is 888. The lowest BCUT2D eigenvalue weighted by Crippen LogP contribution is -2.40. The van der Waals surface area contributed by atoms with Crippen molar-refractivity contribution in [3.8, 4) is 0 Å². The maximum atomic E-state index is 13.1. The molecule has 0 aliphatic carbocycles. The molecule has 0 saturated carbocycles. The monoisotopic (exact) mass is 535 g/mol. The molecular weight excluding hydrogens is 508 g/mol. The maximum absolute atomic E-state index is 13.1. The molecule has 2 rings (SSSR count). The summed E-state index contributed by atoms with van der Waals surface area (Å²) in [6.45, 7) is 1.11. The first-order valence-corrected chi connectivity index (χ1v) is 10.7. The molecule has 0 aromatic heterocycles. The number of benzene rings is 2. The van der Waals surface area contributed by atoms with Crippen molar-refractivity contribution in [3.63, 3.8) is 0 Å². The molecule has 2 N–H and O–H groups in total. The Balaban J connectivity index is 0.00000420. The second kappa shape index (κ2) is 12.1. The molecule has 0 aliphatic heterocycles. The minimum absolute atomic E-state index is 0. The van der Waals surface area contributed by atoms with Crippen molar-refractivity contribution < 1.29 is 17.5 Å². The first-order chi connectivity index (χ1) is 13.3. The molecule has 1 unspecified atom stereocenters. The van der Waals surface area contributed by atoms with Crippen LogP contribution in [0, 0.1) is 5.82 Å². The van der Waals surface area contributed by atoms with E-state index in [0.717, 1.165) is 17.5 Å². The van der Waals surface area contributed by atoms with E-state index in [1.807, 2.05) is 12.1 Å². The summed E-state index contributed by atoms with van der Waals surface area (Å²) < 4.78 is 41.5. The third-order valence-electron chi connectivity index (χ3n) is 4.26. The van der Waals surface area contributed by atoms with Gasteiger partial charge in [0, 0.05) is 33.5 Å². The average molecular weight is 535 g/mol. The Morgan fingerprint density at radius 3 is 2.24 bits per heavy atom. The normalized spacial score (nSPS) is 12.8. The summed E-state index contributed by atoms with van der Waals surface area (Å²) >= 11 is 0. The largest absolute Gasteiger partial charge is 0.375 e. The summed E-state index contributed by atoms with van der Waals surface area (Å²) in [6, 6.07) is 13.1. The van der Waals surface area contributed by atoms with Crippen LogP contribution >= 0.6 is 24.0 Å². The fraction of sp³-hybridized carbons (Fsp3) is 0.350. The predicted molar refractivity (Wildman–Crippen MR) is 124 cm³/mol. The van der Waals surface area contributed by atoms with Crippen LogP contribution in [0.5, 0.6) is 0 Å². The molecule has 0 amide bonds. The number of halogens is 2. The first-order valence-electron chi connectivity index (χ1n) is 8.85. The number of hydrogen-bond donors (Lipinski definition) is 2. The lowest BCUT2D eigenvalue weighted by molar-refractivity contribution is 0.106. The molecule has 6 nitrogen and oxygen atoms in total. The number of rotatable bonds is 8. The molecule has 0 spiro atoms. The maximum Gasteiger partial charge on any atom is 0.191 e. The quantitative estimate of drug-likeness (QED) is 0.309. The number of ether oxygens (including phenoxy) is 1. The van der Waals surface area contributed by atoms with E-state index in [9.17, 15) is 12.8 Å². The molecule has 0 bridgehead atoms. The summed E-state index contributed by atoms with van der Waals surface area (Å²) in [7, 11) is 0.101. The smallest absolute Gasteiger partial charge is 0.191 e. The topological polar surface area (TPSA) is 79.8 Å². The minimum atomic E-state index is -3.18. The van der Waals surface area contributed by atoms with Gasteiger partial charge >= 0.3 is 0 Å². The van der Waals surface area contributed by atoms with Crippen molar-refractivity contribution in [2.24, 2.45) is 4.99 Å². The van der Waals surface area contributed by atoms with Crippen LogP contribution in [-0.2, 0) is 21.0 Å². The highest BCUT2D eigenvalue weighted by Gasteiger charge is 2.11. The van der Waals surface area contributed by atoms with Crippen LogP contribution in [0.25, 0.3) is 0 Å². The molecule has 2 aromatic rings. The molecule has 0 fully saturated rings. The van der Waals surface area contributed by atoms with Gasteiger partial charge in [0.05, 0.1) is 11.0 Å². The van der Waals surface area contributed by atoms with Gasteiger partial charge < -0.3 is 15.4 Å². The zero-order chi connectivity index (χ0) is 20.6. The third-order valence-corrected chi connectivity index (χ3v) is 5.39. The van der Waals surface area contributed by atoms with Gasteiger partial charge in [-0.1, -0.05) is 24.3 Å². The van der Waals surface area contributed by atoms with E-state index in [-0.39, 0.29) is 35.9 Å². The fourth-order valence-electron chi connectivity index (χ4n) is 2.65. The lowest BCUT2D eigenvalue weighted by Gasteiger charge is -2.19. The zero-order valence-electron chi connectivity index (χ0n) is 16.7. The van der Waals surface area contributed by atoms with Crippen molar-refractivity contribution in [1.29, 1.82) is 0 Å². The highest BCUT2D eigenvalue weighted by Crippen LogP contribution is 2.16. The molecule has 0 aliphatic rings. The van der Waals surface area contributed by atoms with E-state index < -0.39 is 9.84 Å². The summed E-state index contributed by atoms with van der Waals surface area (Å²) in [6.07, 6.45) is 1.68. The number of nitrogens with one attached hydrogen (secondary N) is 2. The van der Waals surface area contributed by atoms with Crippen molar-refractivity contribution >= 4 is 39.8 Å². The minimum Gasteiger partial charge on any atom is -0.375 e. The number of aliphatic imine (C=N–C) groups is 1. The Kier molecular flexibility index (Phi) is 10.5. The number of nitrogens with zero attached hydrogens (tertiary/aromatic N) is 1. The van der Waals surface area contributed by atoms with Crippen LogP contribution in [0.1, 0.15) is 17.2 Å². The van der Waals surface area contributed by atoms with Crippen LogP contribution in [-0.4, -0.2) is 47.9 Å². The Labute approximate surface area is 188 Å². The Morgan fingerprint density at radius 2 is 1.72 bits per heavy atom. The average Bonchev–Trinajstić information content (AvgIpc) is 2.68. The molecule has 9 heteroatoms. The van der Waals surface area contributed by atoms with E-state index in [1.54, 1.807) is 38.4 Å². The van der Waals surface area contributed by atoms with Gasteiger partial charge in [-0.05, 0) is 41.8 Å². The second-order valence-corrected chi connectivity index (χ2v) is 8.34. The summed E-state index contributed by atoms with van der Waals surface area (Å²) in [4.78, 5) is 4.49. The highest BCUT2D eigenvalue weighted by atomic mass is 127. The van der Waals surface area contributed by atoms with E-state index in [1.165, 1.54) is 18.4 Å². The second-order valence-electron chi connectivity index (χ2n) is 6.32. The van der Waals surface area contributed by atoms with Crippen molar-refractivity contribution in [3.05, 3.63) is 65.5 Å². The highest BCUT2D eigenvalue weighted by molar-refractivity contribution is 14.0. The molecule has 0 heterocycles. The summed E-state index contributed by atoms with van der Waals surface area (Å²) in [5, 5.41) is 6.40. The van der Waals surface area contributed by atoms with Gasteiger partial charge in [-0.2, -0.15) is 0 Å². The van der Waals surface area contributed by atoms with E-state index >= 15 is 0 Å².